The van der Waals surface area contributed by atoms with E-state index in [4.69, 9.17) is 14.2 Å². The van der Waals surface area contributed by atoms with Gasteiger partial charge in [-0.1, -0.05) is 6.92 Å². The normalized spacial score (nSPS) is 10.9. The Balaban J connectivity index is 1.73. The van der Waals surface area contributed by atoms with Crippen molar-refractivity contribution in [1.82, 2.24) is 4.98 Å². The first kappa shape index (κ1) is 22.8. The van der Waals surface area contributed by atoms with Crippen molar-refractivity contribution in [3.63, 3.8) is 0 Å². The molecule has 3 rings (SSSR count). The van der Waals surface area contributed by atoms with Crippen molar-refractivity contribution in [3.05, 3.63) is 64.6 Å². The summed E-state index contributed by atoms with van der Waals surface area (Å²) in [6, 6.07) is 14.6. The molecule has 32 heavy (non-hydrogen) atoms. The molecule has 0 spiro atoms. The highest BCUT2D eigenvalue weighted by atomic mass is 32.1. The summed E-state index contributed by atoms with van der Waals surface area (Å²) in [7, 11) is 3.16. The lowest BCUT2D eigenvalue weighted by atomic mass is 10.1. The Morgan fingerprint density at radius 1 is 1.16 bits per heavy atom. The molecule has 0 unspecified atom stereocenters. The van der Waals surface area contributed by atoms with Gasteiger partial charge in [-0.05, 0) is 48.9 Å². The van der Waals surface area contributed by atoms with Gasteiger partial charge in [-0.2, -0.15) is 5.26 Å². The molecule has 0 atom stereocenters. The summed E-state index contributed by atoms with van der Waals surface area (Å²) in [5.74, 6) is 0.898. The van der Waals surface area contributed by atoms with Crippen molar-refractivity contribution in [2.45, 2.75) is 13.3 Å². The van der Waals surface area contributed by atoms with Gasteiger partial charge in [0.25, 0.3) is 0 Å². The molecule has 0 aliphatic heterocycles. The largest absolute Gasteiger partial charge is 0.493 e. The van der Waals surface area contributed by atoms with E-state index in [2.05, 4.69) is 16.4 Å². The van der Waals surface area contributed by atoms with Crippen molar-refractivity contribution in [2.24, 2.45) is 0 Å². The van der Waals surface area contributed by atoms with Crippen LogP contribution in [0, 0.1) is 11.3 Å². The number of hydrogen-bond acceptors (Lipinski definition) is 8. The Bertz CT molecular complexity index is 1150. The summed E-state index contributed by atoms with van der Waals surface area (Å²) in [6.45, 7) is 2.34. The molecule has 0 radical (unpaired) electrons. The number of carbonyl (C=O) groups is 1. The van der Waals surface area contributed by atoms with Gasteiger partial charge in [0.15, 0.2) is 11.5 Å². The molecule has 0 saturated heterocycles. The third-order valence-electron chi connectivity index (χ3n) is 4.48. The quantitative estimate of drug-likeness (QED) is 0.347. The second-order valence-corrected chi connectivity index (χ2v) is 7.49. The van der Waals surface area contributed by atoms with E-state index in [9.17, 15) is 10.1 Å². The summed E-state index contributed by atoms with van der Waals surface area (Å²) in [4.78, 5) is 16.5. The number of hydrogen-bond donors (Lipinski definition) is 1. The predicted octanol–water partition coefficient (Wildman–Crippen LogP) is 5.37. The van der Waals surface area contributed by atoms with E-state index < -0.39 is 0 Å². The molecule has 3 aromatic rings. The molecule has 1 N–H and O–H groups in total. The van der Waals surface area contributed by atoms with E-state index in [-0.39, 0.29) is 5.97 Å². The van der Waals surface area contributed by atoms with Crippen LogP contribution in [0.15, 0.2) is 54.0 Å². The standard InChI is InChI=1S/C24H23N3O4S/c1-4-11-31-24(28)16-5-8-19(9-6-16)26-14-18(13-25)23-27-20(15-32-23)17-7-10-21(29-2)22(12-17)30-3/h5-10,12,14-15,26H,4,11H2,1-3H3/b18-14+. The van der Waals surface area contributed by atoms with Crippen molar-refractivity contribution in [1.29, 1.82) is 5.26 Å². The maximum atomic E-state index is 11.9. The number of methoxy groups -OCH3 is 2. The maximum absolute atomic E-state index is 11.9. The number of rotatable bonds is 9. The van der Waals surface area contributed by atoms with Gasteiger partial charge in [0, 0.05) is 22.8 Å². The second-order valence-electron chi connectivity index (χ2n) is 6.64. The minimum absolute atomic E-state index is 0.350. The van der Waals surface area contributed by atoms with E-state index in [1.54, 1.807) is 44.7 Å². The Morgan fingerprint density at radius 3 is 2.56 bits per heavy atom. The summed E-state index contributed by atoms with van der Waals surface area (Å²) < 4.78 is 15.7. The number of thiazole rings is 1. The van der Waals surface area contributed by atoms with Crippen LogP contribution in [0.2, 0.25) is 0 Å². The van der Waals surface area contributed by atoms with Crippen LogP contribution in [0.1, 0.15) is 28.7 Å². The van der Waals surface area contributed by atoms with Crippen LogP contribution in [0.25, 0.3) is 16.8 Å². The van der Waals surface area contributed by atoms with Crippen LogP contribution in [-0.2, 0) is 4.74 Å². The van der Waals surface area contributed by atoms with E-state index in [0.29, 0.717) is 34.3 Å². The van der Waals surface area contributed by atoms with Gasteiger partial charge in [-0.25, -0.2) is 9.78 Å². The molecule has 0 fully saturated rings. The highest BCUT2D eigenvalue weighted by Gasteiger charge is 2.12. The van der Waals surface area contributed by atoms with Crippen LogP contribution in [0.4, 0.5) is 5.69 Å². The Morgan fingerprint density at radius 2 is 1.91 bits per heavy atom. The number of nitrogens with zero attached hydrogens (tertiary/aromatic N) is 2. The highest BCUT2D eigenvalue weighted by Crippen LogP contribution is 2.33. The number of aromatic nitrogens is 1. The van der Waals surface area contributed by atoms with Crippen molar-refractivity contribution in [3.8, 4) is 28.8 Å². The number of benzene rings is 2. The zero-order chi connectivity index (χ0) is 22.9. The van der Waals surface area contributed by atoms with E-state index in [1.165, 1.54) is 11.3 Å². The molecule has 0 aliphatic rings. The summed E-state index contributed by atoms with van der Waals surface area (Å²) in [5.41, 5.74) is 3.21. The average molecular weight is 450 g/mol. The topological polar surface area (TPSA) is 93.5 Å². The average Bonchev–Trinajstić information content (AvgIpc) is 3.33. The van der Waals surface area contributed by atoms with Gasteiger partial charge < -0.3 is 19.5 Å². The molecule has 0 bridgehead atoms. The van der Waals surface area contributed by atoms with Gasteiger partial charge in [-0.3, -0.25) is 0 Å². The zero-order valence-corrected chi connectivity index (χ0v) is 18.9. The fraction of sp³-hybridized carbons (Fsp3) is 0.208. The highest BCUT2D eigenvalue weighted by molar-refractivity contribution is 7.11. The smallest absolute Gasteiger partial charge is 0.338 e. The number of esters is 1. The van der Waals surface area contributed by atoms with Crippen molar-refractivity contribution >= 4 is 28.6 Å². The predicted molar refractivity (Wildman–Crippen MR) is 125 cm³/mol. The maximum Gasteiger partial charge on any atom is 0.338 e. The van der Waals surface area contributed by atoms with Gasteiger partial charge in [0.1, 0.15) is 16.6 Å². The minimum atomic E-state index is -0.350. The van der Waals surface area contributed by atoms with Gasteiger partial charge in [-0.15, -0.1) is 11.3 Å². The molecule has 1 aromatic heterocycles. The summed E-state index contributed by atoms with van der Waals surface area (Å²) in [6.07, 6.45) is 2.37. The monoisotopic (exact) mass is 449 g/mol. The fourth-order valence-electron chi connectivity index (χ4n) is 2.80. The van der Waals surface area contributed by atoms with Gasteiger partial charge in [0.2, 0.25) is 0 Å². The molecule has 164 valence electrons. The molecule has 0 aliphatic carbocycles. The fourth-order valence-corrected chi connectivity index (χ4v) is 3.60. The molecule has 2 aromatic carbocycles. The van der Waals surface area contributed by atoms with Crippen molar-refractivity contribution in [2.75, 3.05) is 26.1 Å². The lowest BCUT2D eigenvalue weighted by molar-refractivity contribution is 0.0505. The number of allylic oxidation sites excluding steroid dienone is 1. The van der Waals surface area contributed by atoms with Crippen LogP contribution in [-0.4, -0.2) is 31.8 Å². The molecule has 0 saturated carbocycles. The first-order chi connectivity index (χ1) is 15.6. The summed E-state index contributed by atoms with van der Waals surface area (Å²) in [5, 5.41) is 15.2. The number of ether oxygens (including phenoxy) is 3. The number of nitrogens with one attached hydrogen (secondary N) is 1. The molecule has 8 heteroatoms. The van der Waals surface area contributed by atoms with E-state index in [0.717, 1.165) is 23.4 Å². The van der Waals surface area contributed by atoms with E-state index >= 15 is 0 Å². The molecule has 0 amide bonds. The van der Waals surface area contributed by atoms with Crippen LogP contribution in [0.3, 0.4) is 0 Å². The number of anilines is 1. The zero-order valence-electron chi connectivity index (χ0n) is 18.0. The minimum Gasteiger partial charge on any atom is -0.493 e. The third kappa shape index (κ3) is 5.45. The van der Waals surface area contributed by atoms with Crippen LogP contribution < -0.4 is 14.8 Å². The first-order valence-electron chi connectivity index (χ1n) is 9.91. The SMILES string of the molecule is CCCOC(=O)c1ccc(N/C=C(\C#N)c2nc(-c3ccc(OC)c(OC)c3)cs2)cc1. The summed E-state index contributed by atoms with van der Waals surface area (Å²) >= 11 is 1.37. The lowest BCUT2D eigenvalue weighted by Gasteiger charge is -2.08. The van der Waals surface area contributed by atoms with Crippen molar-refractivity contribution < 1.29 is 19.0 Å². The Kier molecular flexibility index (Phi) is 7.84. The van der Waals surface area contributed by atoms with Gasteiger partial charge >= 0.3 is 5.97 Å². The Hall–Kier alpha value is -3.83. The second kappa shape index (κ2) is 11.0. The van der Waals surface area contributed by atoms with Crippen LogP contribution in [0.5, 0.6) is 11.5 Å². The Labute approximate surface area is 190 Å². The molecular formula is C24H23N3O4S. The third-order valence-corrected chi connectivity index (χ3v) is 5.35. The number of carbonyl (C=O) groups excluding carboxylic acids is 1. The van der Waals surface area contributed by atoms with Crippen LogP contribution >= 0.6 is 11.3 Å². The lowest BCUT2D eigenvalue weighted by Crippen LogP contribution is -2.05. The molecule has 7 nitrogen and oxygen atoms in total. The first-order valence-corrected chi connectivity index (χ1v) is 10.8. The molecule has 1 heterocycles. The molecular weight excluding hydrogens is 426 g/mol. The van der Waals surface area contributed by atoms with E-state index in [1.807, 2.05) is 30.5 Å². The van der Waals surface area contributed by atoms with Gasteiger partial charge in [0.05, 0.1) is 32.1 Å². The number of nitriles is 1.